The predicted molar refractivity (Wildman–Crippen MR) is 58.3 cm³/mol. The van der Waals surface area contributed by atoms with Crippen LogP contribution in [0, 0.1) is 17.8 Å². The number of aliphatic hydroxyl groups excluding tert-OH is 1. The van der Waals surface area contributed by atoms with Crippen molar-refractivity contribution in [3.05, 3.63) is 0 Å². The number of carbonyl (C=O) groups is 1. The number of amides is 1. The molecule has 2 unspecified atom stereocenters. The molecule has 3 heteroatoms. The van der Waals surface area contributed by atoms with Gasteiger partial charge in [0, 0.05) is 19.0 Å². The summed E-state index contributed by atoms with van der Waals surface area (Å²) in [7, 11) is 0. The van der Waals surface area contributed by atoms with Gasteiger partial charge in [-0.05, 0) is 37.5 Å². The van der Waals surface area contributed by atoms with Crippen LogP contribution in [0.1, 0.15) is 32.6 Å². The van der Waals surface area contributed by atoms with E-state index in [1.165, 1.54) is 6.42 Å². The molecule has 2 aliphatic rings. The zero-order valence-electron chi connectivity index (χ0n) is 9.48. The Morgan fingerprint density at radius 1 is 1.27 bits per heavy atom. The number of hydrogen-bond acceptors (Lipinski definition) is 2. The summed E-state index contributed by atoms with van der Waals surface area (Å²) in [6, 6.07) is 0. The number of hydrogen-bond donors (Lipinski definition) is 1. The van der Waals surface area contributed by atoms with Gasteiger partial charge < -0.3 is 10.0 Å². The average molecular weight is 211 g/mol. The fraction of sp³-hybridized carbons (Fsp3) is 0.917. The molecule has 0 saturated heterocycles. The van der Waals surface area contributed by atoms with Gasteiger partial charge in [0.1, 0.15) is 0 Å². The Morgan fingerprint density at radius 2 is 1.93 bits per heavy atom. The van der Waals surface area contributed by atoms with Crippen LogP contribution in [0.4, 0.5) is 0 Å². The molecule has 0 aromatic heterocycles. The van der Waals surface area contributed by atoms with E-state index in [0.29, 0.717) is 6.54 Å². The topological polar surface area (TPSA) is 40.5 Å². The maximum Gasteiger partial charge on any atom is 0.225 e. The Hall–Kier alpha value is -0.570. The maximum atomic E-state index is 12.1. The Bertz CT molecular complexity index is 226. The fourth-order valence-corrected chi connectivity index (χ4v) is 2.90. The largest absolute Gasteiger partial charge is 0.395 e. The van der Waals surface area contributed by atoms with E-state index in [-0.39, 0.29) is 18.4 Å². The van der Waals surface area contributed by atoms with Gasteiger partial charge in [-0.15, -0.1) is 0 Å². The molecule has 0 bridgehead atoms. The number of rotatable bonds is 5. The van der Waals surface area contributed by atoms with Crippen molar-refractivity contribution in [2.75, 3.05) is 19.7 Å². The van der Waals surface area contributed by atoms with Gasteiger partial charge in [-0.3, -0.25) is 4.79 Å². The molecular formula is C12H21NO2. The Kier molecular flexibility index (Phi) is 3.29. The highest BCUT2D eigenvalue weighted by Gasteiger charge is 2.48. The molecule has 0 aromatic rings. The van der Waals surface area contributed by atoms with Gasteiger partial charge in [0.25, 0.3) is 0 Å². The average Bonchev–Trinajstić information content (AvgIpc) is 2.84. The molecule has 2 rings (SSSR count). The lowest BCUT2D eigenvalue weighted by Crippen LogP contribution is -2.38. The Morgan fingerprint density at radius 3 is 2.47 bits per heavy atom. The van der Waals surface area contributed by atoms with E-state index in [1.807, 2.05) is 4.90 Å². The van der Waals surface area contributed by atoms with Crippen LogP contribution in [-0.2, 0) is 4.79 Å². The monoisotopic (exact) mass is 211 g/mol. The van der Waals surface area contributed by atoms with Crippen LogP contribution < -0.4 is 0 Å². The van der Waals surface area contributed by atoms with E-state index in [4.69, 9.17) is 5.11 Å². The van der Waals surface area contributed by atoms with E-state index in [2.05, 4.69) is 6.92 Å². The first-order chi connectivity index (χ1) is 7.26. The van der Waals surface area contributed by atoms with Gasteiger partial charge in [-0.25, -0.2) is 0 Å². The van der Waals surface area contributed by atoms with Crippen molar-refractivity contribution in [2.45, 2.75) is 32.6 Å². The predicted octanol–water partition coefficient (Wildman–Crippen LogP) is 1.26. The third-order valence-electron chi connectivity index (χ3n) is 3.77. The van der Waals surface area contributed by atoms with Crippen LogP contribution in [0.5, 0.6) is 0 Å². The summed E-state index contributed by atoms with van der Waals surface area (Å²) in [4.78, 5) is 13.9. The van der Waals surface area contributed by atoms with Crippen LogP contribution in [-0.4, -0.2) is 35.6 Å². The Balaban J connectivity index is 1.85. The number of nitrogens with zero attached hydrogens (tertiary/aromatic N) is 1. The summed E-state index contributed by atoms with van der Waals surface area (Å²) >= 11 is 0. The molecule has 2 aliphatic carbocycles. The third kappa shape index (κ3) is 2.33. The van der Waals surface area contributed by atoms with Crippen molar-refractivity contribution in [3.63, 3.8) is 0 Å². The highest BCUT2D eigenvalue weighted by molar-refractivity contribution is 5.79. The van der Waals surface area contributed by atoms with Crippen LogP contribution in [0.3, 0.4) is 0 Å². The third-order valence-corrected chi connectivity index (χ3v) is 3.77. The van der Waals surface area contributed by atoms with Crippen LogP contribution in [0.25, 0.3) is 0 Å². The fourth-order valence-electron chi connectivity index (χ4n) is 2.90. The zero-order valence-corrected chi connectivity index (χ0v) is 9.48. The van der Waals surface area contributed by atoms with Crippen LogP contribution >= 0.6 is 0 Å². The highest BCUT2D eigenvalue weighted by atomic mass is 16.3. The van der Waals surface area contributed by atoms with Gasteiger partial charge in [-0.2, -0.15) is 0 Å². The number of aliphatic hydroxyl groups is 1. The smallest absolute Gasteiger partial charge is 0.225 e. The normalized spacial score (nSPS) is 32.5. The molecule has 2 fully saturated rings. The van der Waals surface area contributed by atoms with Crippen molar-refractivity contribution in [1.29, 1.82) is 0 Å². The van der Waals surface area contributed by atoms with Crippen molar-refractivity contribution in [1.82, 2.24) is 4.90 Å². The molecule has 0 heterocycles. The minimum atomic E-state index is 0.0886. The second-order valence-electron chi connectivity index (χ2n) is 4.97. The lowest BCUT2D eigenvalue weighted by molar-refractivity contribution is -0.136. The lowest BCUT2D eigenvalue weighted by Gasteiger charge is -2.25. The van der Waals surface area contributed by atoms with Gasteiger partial charge in [0.2, 0.25) is 5.91 Å². The van der Waals surface area contributed by atoms with Crippen molar-refractivity contribution >= 4 is 5.91 Å². The van der Waals surface area contributed by atoms with Crippen LogP contribution in [0.2, 0.25) is 0 Å². The number of carbonyl (C=O) groups excluding carboxylic acids is 1. The molecule has 0 aliphatic heterocycles. The lowest BCUT2D eigenvalue weighted by atomic mass is 10.0. The molecule has 86 valence electrons. The maximum absolute atomic E-state index is 12.1. The summed E-state index contributed by atoms with van der Waals surface area (Å²) in [5.74, 6) is 2.28. The van der Waals surface area contributed by atoms with Gasteiger partial charge in [-0.1, -0.05) is 6.92 Å². The molecule has 0 radical (unpaired) electrons. The summed E-state index contributed by atoms with van der Waals surface area (Å²) in [6.07, 6.45) is 4.55. The summed E-state index contributed by atoms with van der Waals surface area (Å²) < 4.78 is 0. The van der Waals surface area contributed by atoms with E-state index in [1.54, 1.807) is 0 Å². The second-order valence-corrected chi connectivity index (χ2v) is 4.97. The molecule has 3 nitrogen and oxygen atoms in total. The minimum absolute atomic E-state index is 0.0886. The van der Waals surface area contributed by atoms with E-state index in [9.17, 15) is 4.79 Å². The van der Waals surface area contributed by atoms with Gasteiger partial charge in [0.15, 0.2) is 0 Å². The molecular weight excluding hydrogens is 190 g/mol. The quantitative estimate of drug-likeness (QED) is 0.744. The van der Waals surface area contributed by atoms with Crippen molar-refractivity contribution in [2.24, 2.45) is 17.8 Å². The first-order valence-electron chi connectivity index (χ1n) is 6.16. The first-order valence-corrected chi connectivity index (χ1v) is 6.16. The summed E-state index contributed by atoms with van der Waals surface area (Å²) in [5.41, 5.74) is 0. The standard InChI is InChI=1S/C12H21NO2/c1-2-3-13(4-5-14)12(15)11-7-9-6-10(9)8-11/h9-11,14H,2-8H2,1H3. The van der Waals surface area contributed by atoms with Crippen molar-refractivity contribution in [3.8, 4) is 0 Å². The highest BCUT2D eigenvalue weighted by Crippen LogP contribution is 2.54. The molecule has 1 amide bonds. The van der Waals surface area contributed by atoms with E-state index < -0.39 is 0 Å². The number of fused-ring (bicyclic) bond motifs is 1. The molecule has 0 spiro atoms. The van der Waals surface area contributed by atoms with Crippen molar-refractivity contribution < 1.29 is 9.90 Å². The van der Waals surface area contributed by atoms with Gasteiger partial charge >= 0.3 is 0 Å². The van der Waals surface area contributed by atoms with Gasteiger partial charge in [0.05, 0.1) is 6.61 Å². The molecule has 2 saturated carbocycles. The van der Waals surface area contributed by atoms with E-state index in [0.717, 1.165) is 37.6 Å². The molecule has 0 aromatic carbocycles. The second kappa shape index (κ2) is 4.52. The Labute approximate surface area is 91.5 Å². The first kappa shape index (κ1) is 10.9. The van der Waals surface area contributed by atoms with E-state index >= 15 is 0 Å². The summed E-state index contributed by atoms with van der Waals surface area (Å²) in [5, 5.41) is 8.92. The minimum Gasteiger partial charge on any atom is -0.395 e. The van der Waals surface area contributed by atoms with Crippen LogP contribution in [0.15, 0.2) is 0 Å². The molecule has 1 N–H and O–H groups in total. The molecule has 15 heavy (non-hydrogen) atoms. The molecule has 2 atom stereocenters. The SMILES string of the molecule is CCCN(CCO)C(=O)C1CC2CC2C1. The zero-order chi connectivity index (χ0) is 10.8. The summed E-state index contributed by atoms with van der Waals surface area (Å²) in [6.45, 7) is 3.47.